The Balaban J connectivity index is 2.05. The van der Waals surface area contributed by atoms with Gasteiger partial charge in [0, 0.05) is 19.5 Å². The minimum Gasteiger partial charge on any atom is -0.508 e. The van der Waals surface area contributed by atoms with E-state index in [2.05, 4.69) is 17.6 Å². The zero-order valence-corrected chi connectivity index (χ0v) is 28.3. The lowest BCUT2D eigenvalue weighted by Gasteiger charge is -2.35. The van der Waals surface area contributed by atoms with Crippen LogP contribution in [0.15, 0.2) is 72.8 Å². The van der Waals surface area contributed by atoms with Crippen molar-refractivity contribution < 1.29 is 24.2 Å². The Hall–Kier alpha value is -4.33. The number of benzene rings is 3. The smallest absolute Gasteiger partial charge is 0.408 e. The molecule has 0 saturated carbocycles. The van der Waals surface area contributed by atoms with Gasteiger partial charge in [-0.05, 0) is 75.4 Å². The van der Waals surface area contributed by atoms with Crippen molar-refractivity contribution >= 4 is 17.9 Å². The summed E-state index contributed by atoms with van der Waals surface area (Å²) in [6.07, 6.45) is 4.25. The van der Waals surface area contributed by atoms with Gasteiger partial charge in [0.2, 0.25) is 11.8 Å². The fourth-order valence-corrected chi connectivity index (χ4v) is 5.43. The van der Waals surface area contributed by atoms with Gasteiger partial charge in [-0.3, -0.25) is 9.59 Å². The van der Waals surface area contributed by atoms with Crippen LogP contribution in [0.5, 0.6) is 5.75 Å². The number of amides is 3. The van der Waals surface area contributed by atoms with Gasteiger partial charge in [-0.2, -0.15) is 0 Å². The minimum atomic E-state index is -1.02. The highest BCUT2D eigenvalue weighted by molar-refractivity contribution is 5.92. The maximum Gasteiger partial charge on any atom is 0.408 e. The van der Waals surface area contributed by atoms with Gasteiger partial charge in [-0.25, -0.2) is 4.79 Å². The van der Waals surface area contributed by atoms with E-state index < -0.39 is 23.8 Å². The second-order valence-electron chi connectivity index (χ2n) is 13.0. The fourth-order valence-electron chi connectivity index (χ4n) is 5.43. The Kier molecular flexibility index (Phi) is 13.7. The van der Waals surface area contributed by atoms with Crippen LogP contribution in [-0.4, -0.2) is 46.1 Å². The number of carbonyl (C=O) groups is 3. The van der Waals surface area contributed by atoms with E-state index in [4.69, 9.17) is 4.74 Å². The molecule has 248 valence electrons. The lowest BCUT2D eigenvalue weighted by atomic mass is 9.95. The van der Waals surface area contributed by atoms with Gasteiger partial charge in [0.1, 0.15) is 23.4 Å². The number of nitrogens with one attached hydrogen (secondary N) is 2. The number of unbranched alkanes of at least 4 members (excludes halogenated alkanes) is 4. The number of hydrogen-bond acceptors (Lipinski definition) is 5. The fraction of sp³-hybridized carbons (Fsp3) is 0.447. The summed E-state index contributed by atoms with van der Waals surface area (Å²) in [4.78, 5) is 43.7. The second kappa shape index (κ2) is 17.4. The number of alkyl carbamates (subject to hydrolysis) is 1. The molecule has 8 nitrogen and oxygen atoms in total. The van der Waals surface area contributed by atoms with Crippen molar-refractivity contribution in [1.82, 2.24) is 15.5 Å². The quantitative estimate of drug-likeness (QED) is 0.153. The molecule has 0 bridgehead atoms. The standard InChI is InChI=1S/C38H51N3O5/c1-7-8-9-10-14-23-41(36(44)33(40-37(45)46-38(4,5)6)25-29-18-20-31(42)21-19-29)34(32-22-17-27(2)24-28(32)3)35(43)39-26-30-15-12-11-13-16-30/h11-13,15-22,24,33-34,42H,7-10,14,23,25-26H2,1-6H3,(H,39,43)(H,40,45). The molecule has 0 radical (unpaired) electrons. The summed E-state index contributed by atoms with van der Waals surface area (Å²) in [5, 5.41) is 15.7. The SMILES string of the molecule is CCCCCCCN(C(=O)C(Cc1ccc(O)cc1)NC(=O)OC(C)(C)C)C(C(=O)NCc1ccccc1)c1ccc(C)cc1C. The van der Waals surface area contributed by atoms with Gasteiger partial charge in [-0.15, -0.1) is 0 Å². The van der Waals surface area contributed by atoms with E-state index in [-0.39, 0.29) is 24.0 Å². The van der Waals surface area contributed by atoms with E-state index in [0.29, 0.717) is 19.5 Å². The Morgan fingerprint density at radius 2 is 1.54 bits per heavy atom. The van der Waals surface area contributed by atoms with Gasteiger partial charge in [0.15, 0.2) is 0 Å². The maximum absolute atomic E-state index is 14.7. The highest BCUT2D eigenvalue weighted by Crippen LogP contribution is 2.28. The first-order valence-corrected chi connectivity index (χ1v) is 16.3. The minimum absolute atomic E-state index is 0.102. The molecule has 0 aliphatic heterocycles. The molecule has 0 aliphatic rings. The summed E-state index contributed by atoms with van der Waals surface area (Å²) in [6.45, 7) is 12.0. The third-order valence-corrected chi connectivity index (χ3v) is 7.74. The first-order chi connectivity index (χ1) is 21.9. The van der Waals surface area contributed by atoms with Crippen molar-refractivity contribution in [3.05, 3.63) is 101 Å². The molecule has 3 N–H and O–H groups in total. The lowest BCUT2D eigenvalue weighted by molar-refractivity contribution is -0.142. The highest BCUT2D eigenvalue weighted by atomic mass is 16.6. The molecule has 8 heteroatoms. The lowest BCUT2D eigenvalue weighted by Crippen LogP contribution is -2.54. The number of nitrogens with zero attached hydrogens (tertiary/aromatic N) is 1. The number of rotatable bonds is 15. The maximum atomic E-state index is 14.7. The van der Waals surface area contributed by atoms with Crippen LogP contribution in [-0.2, 0) is 27.3 Å². The van der Waals surface area contributed by atoms with E-state index in [1.165, 1.54) is 0 Å². The monoisotopic (exact) mass is 629 g/mol. The van der Waals surface area contributed by atoms with E-state index in [1.807, 2.05) is 62.4 Å². The third-order valence-electron chi connectivity index (χ3n) is 7.74. The largest absolute Gasteiger partial charge is 0.508 e. The van der Waals surface area contributed by atoms with Crippen LogP contribution >= 0.6 is 0 Å². The molecular weight excluding hydrogens is 578 g/mol. The van der Waals surface area contributed by atoms with E-state index in [0.717, 1.165) is 53.5 Å². The van der Waals surface area contributed by atoms with Crippen molar-refractivity contribution in [2.24, 2.45) is 0 Å². The molecule has 46 heavy (non-hydrogen) atoms. The number of carbonyl (C=O) groups excluding carboxylic acids is 3. The molecule has 3 amide bonds. The Labute approximate surface area is 274 Å². The first kappa shape index (κ1) is 36.1. The van der Waals surface area contributed by atoms with Crippen LogP contribution in [0.4, 0.5) is 4.79 Å². The van der Waals surface area contributed by atoms with Gasteiger partial charge in [-0.1, -0.05) is 98.8 Å². The van der Waals surface area contributed by atoms with Gasteiger partial charge in [0.05, 0.1) is 0 Å². The Bertz CT molecular complexity index is 1420. The van der Waals surface area contributed by atoms with Crippen molar-refractivity contribution in [3.8, 4) is 5.75 Å². The number of phenolic OH excluding ortho intramolecular Hbond substituents is 1. The number of aromatic hydroxyl groups is 1. The molecule has 3 rings (SSSR count). The summed E-state index contributed by atoms with van der Waals surface area (Å²) in [5.41, 5.74) is 3.61. The molecule has 2 unspecified atom stereocenters. The topological polar surface area (TPSA) is 108 Å². The first-order valence-electron chi connectivity index (χ1n) is 16.3. The average molecular weight is 630 g/mol. The summed E-state index contributed by atoms with van der Waals surface area (Å²) in [5.74, 6) is -0.571. The van der Waals surface area contributed by atoms with E-state index in [9.17, 15) is 19.5 Å². The van der Waals surface area contributed by atoms with Crippen LogP contribution < -0.4 is 10.6 Å². The van der Waals surface area contributed by atoms with Crippen molar-refractivity contribution in [2.75, 3.05) is 6.54 Å². The van der Waals surface area contributed by atoms with Crippen LogP contribution in [0.3, 0.4) is 0 Å². The zero-order valence-electron chi connectivity index (χ0n) is 28.3. The van der Waals surface area contributed by atoms with Gasteiger partial charge >= 0.3 is 6.09 Å². The average Bonchev–Trinajstić information content (AvgIpc) is 3.00. The van der Waals surface area contributed by atoms with Crippen molar-refractivity contribution in [1.29, 1.82) is 0 Å². The highest BCUT2D eigenvalue weighted by Gasteiger charge is 2.37. The molecule has 0 heterocycles. The molecule has 3 aromatic carbocycles. The normalized spacial score (nSPS) is 12.6. The van der Waals surface area contributed by atoms with Crippen LogP contribution in [0.25, 0.3) is 0 Å². The number of phenols is 1. The number of aryl methyl sites for hydroxylation is 2. The summed E-state index contributed by atoms with van der Waals surface area (Å²) >= 11 is 0. The van der Waals surface area contributed by atoms with E-state index in [1.54, 1.807) is 49.9 Å². The summed E-state index contributed by atoms with van der Waals surface area (Å²) < 4.78 is 5.55. The number of ether oxygens (including phenoxy) is 1. The predicted molar refractivity (Wildman–Crippen MR) is 182 cm³/mol. The second-order valence-corrected chi connectivity index (χ2v) is 13.0. The number of hydrogen-bond donors (Lipinski definition) is 3. The summed E-state index contributed by atoms with van der Waals surface area (Å²) in [6, 6.07) is 20.1. The van der Waals surface area contributed by atoms with Crippen LogP contribution in [0, 0.1) is 13.8 Å². The molecule has 0 aromatic heterocycles. The van der Waals surface area contributed by atoms with Gasteiger partial charge in [0.25, 0.3) is 0 Å². The van der Waals surface area contributed by atoms with Gasteiger partial charge < -0.3 is 25.4 Å². The molecule has 0 spiro atoms. The van der Waals surface area contributed by atoms with E-state index >= 15 is 0 Å². The molecule has 2 atom stereocenters. The molecular formula is C38H51N3O5. The third kappa shape index (κ3) is 11.5. The zero-order chi connectivity index (χ0) is 33.7. The Morgan fingerprint density at radius 1 is 0.870 bits per heavy atom. The molecule has 3 aromatic rings. The molecule has 0 fully saturated rings. The molecule has 0 saturated heterocycles. The predicted octanol–water partition coefficient (Wildman–Crippen LogP) is 7.30. The van der Waals surface area contributed by atoms with Crippen molar-refractivity contribution in [3.63, 3.8) is 0 Å². The summed E-state index contributed by atoms with van der Waals surface area (Å²) in [7, 11) is 0. The Morgan fingerprint density at radius 3 is 2.17 bits per heavy atom. The van der Waals surface area contributed by atoms with Crippen LogP contribution in [0.1, 0.15) is 93.7 Å². The van der Waals surface area contributed by atoms with Crippen LogP contribution in [0.2, 0.25) is 0 Å². The van der Waals surface area contributed by atoms with Crippen molar-refractivity contribution in [2.45, 2.75) is 104 Å². The molecule has 0 aliphatic carbocycles.